The van der Waals surface area contributed by atoms with Crippen molar-refractivity contribution in [1.82, 2.24) is 19.4 Å². The SMILES string of the molecule is CN(C)C(=S)O[C@H](c1nccn1COCc1ccccc1)[C@@H]1COC(=O)N1C(=O)OC(C)(C)C. The second-order valence-electron chi connectivity index (χ2n) is 8.91. The molecule has 3 rings (SSSR count). The molecule has 34 heavy (non-hydrogen) atoms. The fourth-order valence-corrected chi connectivity index (χ4v) is 3.32. The molecule has 184 valence electrons. The van der Waals surface area contributed by atoms with Gasteiger partial charge < -0.3 is 28.4 Å². The highest BCUT2D eigenvalue weighted by atomic mass is 32.1. The van der Waals surface area contributed by atoms with Gasteiger partial charge in [-0.25, -0.2) is 19.5 Å². The number of ether oxygens (including phenoxy) is 4. The molecule has 0 unspecified atom stereocenters. The maximum Gasteiger partial charge on any atom is 0.420 e. The highest BCUT2D eigenvalue weighted by Crippen LogP contribution is 2.31. The molecule has 2 aromatic rings. The first-order valence-corrected chi connectivity index (χ1v) is 11.2. The Morgan fingerprint density at radius 2 is 2.00 bits per heavy atom. The van der Waals surface area contributed by atoms with Gasteiger partial charge in [-0.15, -0.1) is 0 Å². The standard InChI is InChI=1S/C23H30N4O6S/c1-23(2,3)33-21(29)27-17(14-31-20(27)28)18(32-22(34)25(4)5)19-24-11-12-26(19)15-30-13-16-9-7-6-8-10-16/h6-12,17-18H,13-15H2,1-5H3/t17-,18-/m0/s1. The molecule has 1 fully saturated rings. The van der Waals surface area contributed by atoms with Crippen LogP contribution in [-0.4, -0.2) is 69.1 Å². The van der Waals surface area contributed by atoms with Gasteiger partial charge >= 0.3 is 12.2 Å². The number of carbonyl (C=O) groups excluding carboxylic acids is 2. The molecule has 1 saturated heterocycles. The highest BCUT2D eigenvalue weighted by Gasteiger charge is 2.48. The zero-order valence-electron chi connectivity index (χ0n) is 20.0. The molecule has 0 N–H and O–H groups in total. The van der Waals surface area contributed by atoms with Crippen LogP contribution in [0, 0.1) is 0 Å². The maximum atomic E-state index is 12.8. The molecule has 0 bridgehead atoms. The van der Waals surface area contributed by atoms with Gasteiger partial charge in [-0.2, -0.15) is 0 Å². The van der Waals surface area contributed by atoms with E-state index in [-0.39, 0.29) is 18.5 Å². The van der Waals surface area contributed by atoms with Crippen LogP contribution in [-0.2, 0) is 32.3 Å². The van der Waals surface area contributed by atoms with E-state index in [0.717, 1.165) is 10.5 Å². The summed E-state index contributed by atoms with van der Waals surface area (Å²) in [5.41, 5.74) is 0.223. The molecule has 0 saturated carbocycles. The number of hydrogen-bond acceptors (Lipinski definition) is 8. The molecule has 0 radical (unpaired) electrons. The highest BCUT2D eigenvalue weighted by molar-refractivity contribution is 7.80. The van der Waals surface area contributed by atoms with E-state index in [4.69, 9.17) is 31.2 Å². The van der Waals surface area contributed by atoms with Crippen molar-refractivity contribution in [3.8, 4) is 0 Å². The van der Waals surface area contributed by atoms with Crippen molar-refractivity contribution in [2.45, 2.75) is 51.9 Å². The first-order valence-electron chi connectivity index (χ1n) is 10.8. The average Bonchev–Trinajstić information content (AvgIpc) is 3.38. The van der Waals surface area contributed by atoms with E-state index < -0.39 is 29.9 Å². The summed E-state index contributed by atoms with van der Waals surface area (Å²) in [6.45, 7) is 5.62. The van der Waals surface area contributed by atoms with Crippen LogP contribution in [0.15, 0.2) is 42.7 Å². The lowest BCUT2D eigenvalue weighted by molar-refractivity contribution is 0.0115. The van der Waals surface area contributed by atoms with E-state index >= 15 is 0 Å². The predicted molar refractivity (Wildman–Crippen MR) is 127 cm³/mol. The zero-order valence-corrected chi connectivity index (χ0v) is 20.8. The molecule has 0 spiro atoms. The number of hydrogen-bond donors (Lipinski definition) is 0. The van der Waals surface area contributed by atoms with Crippen molar-refractivity contribution in [2.75, 3.05) is 20.7 Å². The van der Waals surface area contributed by atoms with E-state index in [1.165, 1.54) is 0 Å². The molecular weight excluding hydrogens is 460 g/mol. The lowest BCUT2D eigenvalue weighted by Gasteiger charge is -2.31. The minimum absolute atomic E-state index is 0.101. The largest absolute Gasteiger partial charge is 0.457 e. The van der Waals surface area contributed by atoms with Gasteiger partial charge in [0.15, 0.2) is 11.9 Å². The maximum absolute atomic E-state index is 12.8. The third-order valence-electron chi connectivity index (χ3n) is 4.78. The molecule has 2 heterocycles. The Labute approximate surface area is 204 Å². The van der Waals surface area contributed by atoms with Gasteiger partial charge in [0.25, 0.3) is 5.17 Å². The Kier molecular flexibility index (Phi) is 8.11. The second kappa shape index (κ2) is 10.8. The summed E-state index contributed by atoms with van der Waals surface area (Å²) in [5, 5.41) is 0.160. The molecule has 1 aromatic heterocycles. The number of benzene rings is 1. The lowest BCUT2D eigenvalue weighted by Crippen LogP contribution is -2.47. The number of amides is 2. The normalized spacial score (nSPS) is 16.7. The number of imide groups is 1. The van der Waals surface area contributed by atoms with Crippen molar-refractivity contribution in [1.29, 1.82) is 0 Å². The topological polar surface area (TPSA) is 95.4 Å². The molecule has 1 aromatic carbocycles. The Morgan fingerprint density at radius 1 is 1.29 bits per heavy atom. The summed E-state index contributed by atoms with van der Waals surface area (Å²) in [7, 11) is 3.47. The van der Waals surface area contributed by atoms with Crippen molar-refractivity contribution < 1.29 is 28.5 Å². The Bertz CT molecular complexity index is 1000. The van der Waals surface area contributed by atoms with E-state index in [1.807, 2.05) is 30.3 Å². The quantitative estimate of drug-likeness (QED) is 0.538. The van der Waals surface area contributed by atoms with Gasteiger partial charge in [-0.1, -0.05) is 30.3 Å². The minimum Gasteiger partial charge on any atom is -0.457 e. The van der Waals surface area contributed by atoms with Gasteiger partial charge in [0, 0.05) is 26.5 Å². The van der Waals surface area contributed by atoms with Crippen LogP contribution in [0.25, 0.3) is 0 Å². The zero-order chi connectivity index (χ0) is 24.9. The van der Waals surface area contributed by atoms with Gasteiger partial charge in [0.1, 0.15) is 25.0 Å². The first-order chi connectivity index (χ1) is 16.1. The minimum atomic E-state index is -0.913. The fourth-order valence-electron chi connectivity index (χ4n) is 3.22. The Hall–Kier alpha value is -3.18. The van der Waals surface area contributed by atoms with Crippen molar-refractivity contribution >= 4 is 29.6 Å². The summed E-state index contributed by atoms with van der Waals surface area (Å²) in [6.07, 6.45) is 0.755. The Morgan fingerprint density at radius 3 is 2.65 bits per heavy atom. The molecule has 1 aliphatic rings. The predicted octanol–water partition coefficient (Wildman–Crippen LogP) is 3.72. The summed E-state index contributed by atoms with van der Waals surface area (Å²) in [6, 6.07) is 8.91. The number of rotatable bonds is 7. The second-order valence-corrected chi connectivity index (χ2v) is 9.26. The molecule has 1 aliphatic heterocycles. The van der Waals surface area contributed by atoms with E-state index in [0.29, 0.717) is 12.4 Å². The third-order valence-corrected chi connectivity index (χ3v) is 5.24. The molecule has 11 heteroatoms. The van der Waals surface area contributed by atoms with Crippen molar-refractivity contribution in [2.24, 2.45) is 0 Å². The number of nitrogens with zero attached hydrogens (tertiary/aromatic N) is 4. The van der Waals surface area contributed by atoms with Crippen LogP contribution in [0.5, 0.6) is 0 Å². The molecule has 2 amide bonds. The number of aromatic nitrogens is 2. The average molecular weight is 491 g/mol. The molecule has 0 aliphatic carbocycles. The summed E-state index contributed by atoms with van der Waals surface area (Å²) in [4.78, 5) is 32.3. The smallest absolute Gasteiger partial charge is 0.420 e. The third kappa shape index (κ3) is 6.45. The van der Waals surface area contributed by atoms with Crippen LogP contribution in [0.4, 0.5) is 9.59 Å². The van der Waals surface area contributed by atoms with E-state index in [1.54, 1.807) is 56.7 Å². The van der Waals surface area contributed by atoms with E-state index in [2.05, 4.69) is 4.98 Å². The summed E-state index contributed by atoms with van der Waals surface area (Å²) >= 11 is 5.35. The fraction of sp³-hybridized carbons (Fsp3) is 0.478. The van der Waals surface area contributed by atoms with Crippen LogP contribution >= 0.6 is 12.2 Å². The number of imidazole rings is 1. The number of thiocarbonyl (C=S) groups is 1. The molecule has 2 atom stereocenters. The van der Waals surface area contributed by atoms with Crippen molar-refractivity contribution in [3.05, 3.63) is 54.1 Å². The van der Waals surface area contributed by atoms with Gasteiger partial charge in [0.2, 0.25) is 0 Å². The number of carbonyl (C=O) groups is 2. The van der Waals surface area contributed by atoms with Crippen molar-refractivity contribution in [3.63, 3.8) is 0 Å². The van der Waals surface area contributed by atoms with E-state index in [9.17, 15) is 9.59 Å². The van der Waals surface area contributed by atoms with Crippen LogP contribution in [0.1, 0.15) is 38.3 Å². The van der Waals surface area contributed by atoms with Gasteiger partial charge in [-0.3, -0.25) is 0 Å². The van der Waals surface area contributed by atoms with Gasteiger partial charge in [-0.05, 0) is 38.6 Å². The Balaban J connectivity index is 1.85. The molecule has 10 nitrogen and oxygen atoms in total. The number of cyclic esters (lactones) is 1. The van der Waals surface area contributed by atoms with Gasteiger partial charge in [0.05, 0.1) is 6.61 Å². The molecular formula is C23H30N4O6S. The van der Waals surface area contributed by atoms with Crippen LogP contribution in [0.3, 0.4) is 0 Å². The monoisotopic (exact) mass is 490 g/mol. The lowest BCUT2D eigenvalue weighted by atomic mass is 10.1. The van der Waals surface area contributed by atoms with Crippen LogP contribution in [0.2, 0.25) is 0 Å². The summed E-state index contributed by atoms with van der Waals surface area (Å²) < 4.78 is 24.2. The summed E-state index contributed by atoms with van der Waals surface area (Å²) in [5.74, 6) is 0.425. The van der Waals surface area contributed by atoms with Crippen LogP contribution < -0.4 is 0 Å². The first kappa shape index (κ1) is 25.4.